The Hall–Kier alpha value is -1.01. The number of thioether (sulfide) groups is 1. The van der Waals surface area contributed by atoms with Gasteiger partial charge in [-0.3, -0.25) is 4.79 Å². The fraction of sp³-hybridized carbons (Fsp3) is 0.692. The van der Waals surface area contributed by atoms with E-state index in [1.807, 2.05) is 11.1 Å². The van der Waals surface area contributed by atoms with Gasteiger partial charge in [0.05, 0.1) is 6.04 Å². The highest BCUT2D eigenvalue weighted by atomic mass is 32.2. The van der Waals surface area contributed by atoms with Crippen molar-refractivity contribution in [3.05, 3.63) is 18.2 Å². The van der Waals surface area contributed by atoms with Gasteiger partial charge in [-0.1, -0.05) is 6.92 Å². The number of carbonyl (C=O) groups excluding carboxylic acids is 1. The number of likely N-dealkylation sites (tertiary alicyclic amines) is 1. The van der Waals surface area contributed by atoms with Crippen LogP contribution in [0, 0.1) is 0 Å². The zero-order valence-corrected chi connectivity index (χ0v) is 12.2. The van der Waals surface area contributed by atoms with Gasteiger partial charge in [0.2, 0.25) is 5.91 Å². The molecule has 0 radical (unpaired) electrons. The zero-order chi connectivity index (χ0) is 13.7. The molecule has 1 aliphatic rings. The summed E-state index contributed by atoms with van der Waals surface area (Å²) >= 11 is 1.72. The number of nitrogens with zero attached hydrogens (tertiary/aromatic N) is 2. The molecule has 1 aliphatic heterocycles. The molecule has 0 bridgehead atoms. The summed E-state index contributed by atoms with van der Waals surface area (Å²) in [5.74, 6) is 3.30. The number of aromatic nitrogens is 2. The van der Waals surface area contributed by atoms with Crippen LogP contribution >= 0.6 is 11.8 Å². The molecule has 2 heterocycles. The third-order valence-corrected chi connectivity index (χ3v) is 4.53. The molecule has 1 saturated heterocycles. The van der Waals surface area contributed by atoms with Gasteiger partial charge in [-0.15, -0.1) is 0 Å². The molecular weight excluding hydrogens is 260 g/mol. The number of rotatable bonds is 5. The van der Waals surface area contributed by atoms with Crippen LogP contribution in [0.15, 0.2) is 12.4 Å². The van der Waals surface area contributed by atoms with E-state index in [2.05, 4.69) is 16.9 Å². The average Bonchev–Trinajstić information content (AvgIpc) is 2.98. The Bertz CT molecular complexity index is 387. The lowest BCUT2D eigenvalue weighted by molar-refractivity contribution is -0.133. The highest BCUT2D eigenvalue weighted by Crippen LogP contribution is 2.25. The summed E-state index contributed by atoms with van der Waals surface area (Å²) in [6, 6.07) is -0.356. The van der Waals surface area contributed by atoms with Crippen LogP contribution in [-0.2, 0) is 4.79 Å². The van der Waals surface area contributed by atoms with Crippen LogP contribution in [0.1, 0.15) is 31.5 Å². The van der Waals surface area contributed by atoms with E-state index in [1.54, 1.807) is 18.0 Å². The average molecular weight is 282 g/mol. The van der Waals surface area contributed by atoms with Gasteiger partial charge in [0.15, 0.2) is 0 Å². The Labute approximate surface area is 118 Å². The van der Waals surface area contributed by atoms with Crippen LogP contribution in [0.5, 0.6) is 0 Å². The van der Waals surface area contributed by atoms with E-state index in [1.165, 1.54) is 0 Å². The topological polar surface area (TPSA) is 75.0 Å². The SMILES string of the molecule is CCSC[C@H](N)C(=O)N1CCC(c2ncc[nH]2)CC1. The number of hydrogen-bond donors (Lipinski definition) is 2. The van der Waals surface area contributed by atoms with Crippen LogP contribution in [0.25, 0.3) is 0 Å². The molecule has 106 valence electrons. The summed E-state index contributed by atoms with van der Waals surface area (Å²) in [5.41, 5.74) is 5.93. The van der Waals surface area contributed by atoms with E-state index in [-0.39, 0.29) is 11.9 Å². The minimum atomic E-state index is -0.356. The number of imidazole rings is 1. The van der Waals surface area contributed by atoms with E-state index in [4.69, 9.17) is 5.73 Å². The first-order valence-corrected chi connectivity index (χ1v) is 7.99. The summed E-state index contributed by atoms with van der Waals surface area (Å²) in [5, 5.41) is 0. The molecule has 0 aromatic carbocycles. The number of amides is 1. The highest BCUT2D eigenvalue weighted by Gasteiger charge is 2.27. The molecule has 1 fully saturated rings. The van der Waals surface area contributed by atoms with E-state index in [0.29, 0.717) is 11.7 Å². The predicted molar refractivity (Wildman–Crippen MR) is 78.1 cm³/mol. The van der Waals surface area contributed by atoms with Crippen molar-refractivity contribution in [2.75, 3.05) is 24.6 Å². The second-order valence-corrected chi connectivity index (χ2v) is 6.16. The van der Waals surface area contributed by atoms with Gasteiger partial charge in [0, 0.05) is 37.2 Å². The molecule has 2 rings (SSSR count). The highest BCUT2D eigenvalue weighted by molar-refractivity contribution is 7.99. The number of nitrogens with one attached hydrogen (secondary N) is 1. The Morgan fingerprint density at radius 2 is 2.37 bits per heavy atom. The fourth-order valence-corrected chi connectivity index (χ4v) is 3.06. The maximum absolute atomic E-state index is 12.2. The lowest BCUT2D eigenvalue weighted by atomic mass is 9.96. The van der Waals surface area contributed by atoms with Crippen molar-refractivity contribution in [3.63, 3.8) is 0 Å². The van der Waals surface area contributed by atoms with Crippen LogP contribution in [0.2, 0.25) is 0 Å². The Morgan fingerprint density at radius 3 is 2.95 bits per heavy atom. The quantitative estimate of drug-likeness (QED) is 0.851. The van der Waals surface area contributed by atoms with E-state index in [9.17, 15) is 4.79 Å². The van der Waals surface area contributed by atoms with Crippen molar-refractivity contribution in [1.82, 2.24) is 14.9 Å². The van der Waals surface area contributed by atoms with Gasteiger partial charge in [-0.25, -0.2) is 4.98 Å². The Balaban J connectivity index is 1.81. The van der Waals surface area contributed by atoms with Gasteiger partial charge in [0.25, 0.3) is 0 Å². The van der Waals surface area contributed by atoms with Crippen LogP contribution in [0.3, 0.4) is 0 Å². The summed E-state index contributed by atoms with van der Waals surface area (Å²) < 4.78 is 0. The minimum absolute atomic E-state index is 0.0962. The van der Waals surface area contributed by atoms with Crippen LogP contribution < -0.4 is 5.73 Å². The number of H-pyrrole nitrogens is 1. The first-order valence-electron chi connectivity index (χ1n) is 6.83. The lowest BCUT2D eigenvalue weighted by Gasteiger charge is -2.32. The minimum Gasteiger partial charge on any atom is -0.348 e. The van der Waals surface area contributed by atoms with Crippen LogP contribution in [0.4, 0.5) is 0 Å². The van der Waals surface area contributed by atoms with Crippen molar-refractivity contribution in [3.8, 4) is 0 Å². The van der Waals surface area contributed by atoms with Crippen molar-refractivity contribution in [2.24, 2.45) is 5.73 Å². The van der Waals surface area contributed by atoms with E-state index in [0.717, 1.165) is 37.5 Å². The number of piperidine rings is 1. The molecule has 0 unspecified atom stereocenters. The maximum Gasteiger partial charge on any atom is 0.240 e. The summed E-state index contributed by atoms with van der Waals surface area (Å²) in [4.78, 5) is 21.5. The predicted octanol–water partition coefficient (Wildman–Crippen LogP) is 1.20. The second-order valence-electron chi connectivity index (χ2n) is 4.84. The molecule has 0 saturated carbocycles. The number of nitrogens with two attached hydrogens (primary N) is 1. The van der Waals surface area contributed by atoms with Gasteiger partial charge in [-0.2, -0.15) is 11.8 Å². The summed E-state index contributed by atoms with van der Waals surface area (Å²) in [7, 11) is 0. The molecule has 1 aromatic rings. The molecule has 6 heteroatoms. The van der Waals surface area contributed by atoms with E-state index >= 15 is 0 Å². The molecule has 0 spiro atoms. The summed E-state index contributed by atoms with van der Waals surface area (Å²) in [6.07, 6.45) is 5.56. The standard InChI is InChI=1S/C13H22N4OS/c1-2-19-9-11(14)13(18)17-7-3-10(4-8-17)12-15-5-6-16-12/h5-6,10-11H,2-4,7-9,14H2,1H3,(H,15,16)/t11-/m0/s1. The van der Waals surface area contributed by atoms with Gasteiger partial charge < -0.3 is 15.6 Å². The third kappa shape index (κ3) is 3.73. The molecule has 1 atom stereocenters. The van der Waals surface area contributed by atoms with Gasteiger partial charge >= 0.3 is 0 Å². The number of hydrogen-bond acceptors (Lipinski definition) is 4. The Kier molecular flexibility index (Phi) is 5.27. The molecule has 1 amide bonds. The summed E-state index contributed by atoms with van der Waals surface area (Å²) in [6.45, 7) is 3.65. The molecule has 3 N–H and O–H groups in total. The monoisotopic (exact) mass is 282 g/mol. The largest absolute Gasteiger partial charge is 0.348 e. The van der Waals surface area contributed by atoms with Crippen molar-refractivity contribution in [1.29, 1.82) is 0 Å². The smallest absolute Gasteiger partial charge is 0.240 e. The van der Waals surface area contributed by atoms with Crippen molar-refractivity contribution >= 4 is 17.7 Å². The lowest BCUT2D eigenvalue weighted by Crippen LogP contribution is -2.48. The first-order chi connectivity index (χ1) is 9.22. The molecule has 5 nitrogen and oxygen atoms in total. The van der Waals surface area contributed by atoms with E-state index < -0.39 is 0 Å². The van der Waals surface area contributed by atoms with Gasteiger partial charge in [0.1, 0.15) is 5.82 Å². The number of aromatic amines is 1. The molecule has 1 aromatic heterocycles. The number of carbonyl (C=O) groups is 1. The fourth-order valence-electron chi connectivity index (χ4n) is 2.42. The first kappa shape index (κ1) is 14.4. The van der Waals surface area contributed by atoms with Gasteiger partial charge in [-0.05, 0) is 18.6 Å². The molecule has 0 aliphatic carbocycles. The second kappa shape index (κ2) is 6.96. The van der Waals surface area contributed by atoms with Crippen molar-refractivity contribution < 1.29 is 4.79 Å². The molecular formula is C13H22N4OS. The van der Waals surface area contributed by atoms with Crippen molar-refractivity contribution in [2.45, 2.75) is 31.7 Å². The molecule has 19 heavy (non-hydrogen) atoms. The zero-order valence-electron chi connectivity index (χ0n) is 11.3. The van der Waals surface area contributed by atoms with Crippen LogP contribution in [-0.4, -0.2) is 51.4 Å². The third-order valence-electron chi connectivity index (χ3n) is 3.53. The Morgan fingerprint density at radius 1 is 1.63 bits per heavy atom. The maximum atomic E-state index is 12.2. The normalized spacial score (nSPS) is 18.5.